The van der Waals surface area contributed by atoms with Crippen LogP contribution in [0, 0.1) is 0 Å². The van der Waals surface area contributed by atoms with Gasteiger partial charge in [0.25, 0.3) is 0 Å². The van der Waals surface area contributed by atoms with Crippen LogP contribution in [-0.4, -0.2) is 13.5 Å². The molecule has 9 heteroatoms. The van der Waals surface area contributed by atoms with Crippen molar-refractivity contribution in [2.24, 2.45) is 0 Å². The van der Waals surface area contributed by atoms with Crippen LogP contribution >= 0.6 is 95.6 Å². The van der Waals surface area contributed by atoms with Crippen LogP contribution in [0.5, 0.6) is 0 Å². The van der Waals surface area contributed by atoms with Crippen LogP contribution in [0.25, 0.3) is 0 Å². The Morgan fingerprint density at radius 2 is 1.07 bits per heavy atom. The molecule has 15 heavy (non-hydrogen) atoms. The number of hydrogen-bond acceptors (Lipinski definition) is 2. The van der Waals surface area contributed by atoms with E-state index in [-0.39, 0.29) is 8.96 Å². The van der Waals surface area contributed by atoms with Crippen LogP contribution in [0.4, 0.5) is 0 Å². The van der Waals surface area contributed by atoms with Gasteiger partial charge in [-0.15, -0.1) is 0 Å². The summed E-state index contributed by atoms with van der Waals surface area (Å²) in [7, 11) is -3.76. The molecule has 0 aromatic carbocycles. The van der Waals surface area contributed by atoms with Gasteiger partial charge in [-0.05, 0) is 63.7 Å². The van der Waals surface area contributed by atoms with Crippen LogP contribution in [-0.2, 0) is 9.84 Å². The van der Waals surface area contributed by atoms with Crippen molar-refractivity contribution in [2.75, 3.05) is 0 Å². The number of alkyl halides is 4. The van der Waals surface area contributed by atoms with E-state index in [0.29, 0.717) is 0 Å². The first-order valence-electron chi connectivity index (χ1n) is 3.08. The highest BCUT2D eigenvalue weighted by molar-refractivity contribution is 9.32. The third-order valence-corrected chi connectivity index (χ3v) is 14.0. The Bertz CT molecular complexity index is 364. The van der Waals surface area contributed by atoms with Gasteiger partial charge in [-0.3, -0.25) is 0 Å². The third-order valence-electron chi connectivity index (χ3n) is 1.31. The molecule has 0 bridgehead atoms. The normalized spacial score (nSPS) is 13.7. The highest BCUT2D eigenvalue weighted by atomic mass is 79.9. The van der Waals surface area contributed by atoms with Crippen LogP contribution in [0.2, 0.25) is 0 Å². The smallest absolute Gasteiger partial charge is 0.214 e. The summed E-state index contributed by atoms with van der Waals surface area (Å²) in [5.41, 5.74) is 0. The Labute approximate surface area is 139 Å². The zero-order chi connectivity index (χ0) is 12.7. The Hall–Kier alpha value is 2.31. The second-order valence-electron chi connectivity index (χ2n) is 2.35. The topological polar surface area (TPSA) is 34.1 Å². The first kappa shape index (κ1) is 17.3. The van der Waals surface area contributed by atoms with Crippen molar-refractivity contribution in [3.63, 3.8) is 0 Å². The van der Waals surface area contributed by atoms with E-state index in [1.807, 2.05) is 0 Å². The molecule has 0 heterocycles. The lowest BCUT2D eigenvalue weighted by molar-refractivity contribution is 0.595. The molecule has 0 aromatic heterocycles. The standard InChI is InChI=1S/C6H4Br6O2S/c1-3(7)5(9,10)15(13,14)6(11,12)4(2)8/h1-2H2. The fraction of sp³-hybridized carbons (Fsp3) is 0.333. The number of rotatable bonds is 4. The van der Waals surface area contributed by atoms with E-state index in [1.165, 1.54) is 0 Å². The van der Waals surface area contributed by atoms with Gasteiger partial charge in [-0.25, -0.2) is 8.42 Å². The lowest BCUT2D eigenvalue weighted by atomic mass is 10.7. The zero-order valence-corrected chi connectivity index (χ0v) is 17.2. The molecule has 0 atom stereocenters. The molecule has 0 radical (unpaired) electrons. The molecule has 0 N–H and O–H groups in total. The summed E-state index contributed by atoms with van der Waals surface area (Å²) in [5.74, 6) is 0. The fourth-order valence-electron chi connectivity index (χ4n) is 0.453. The van der Waals surface area contributed by atoms with Crippen LogP contribution in [0.3, 0.4) is 0 Å². The Morgan fingerprint density at radius 1 is 0.867 bits per heavy atom. The maximum absolute atomic E-state index is 12.2. The summed E-state index contributed by atoms with van der Waals surface area (Å²) in [4.78, 5) is 0. The van der Waals surface area contributed by atoms with E-state index in [1.54, 1.807) is 0 Å². The van der Waals surface area contributed by atoms with Gasteiger partial charge in [0.15, 0.2) is 0 Å². The molecule has 0 unspecified atom stereocenters. The summed E-state index contributed by atoms with van der Waals surface area (Å²) >= 11 is 18.2. The molecule has 0 amide bonds. The van der Waals surface area contributed by atoms with Crippen molar-refractivity contribution in [1.29, 1.82) is 0 Å². The van der Waals surface area contributed by atoms with Gasteiger partial charge >= 0.3 is 0 Å². The van der Waals surface area contributed by atoms with Crippen LogP contribution in [0.15, 0.2) is 22.1 Å². The highest BCUT2D eigenvalue weighted by Gasteiger charge is 2.54. The molecular weight excluding hydrogens is 616 g/mol. The monoisotopic (exact) mass is 614 g/mol. The first-order valence-corrected chi connectivity index (χ1v) is 9.32. The highest BCUT2D eigenvalue weighted by Crippen LogP contribution is 2.54. The lowest BCUT2D eigenvalue weighted by Gasteiger charge is -2.28. The molecule has 0 aliphatic rings. The van der Waals surface area contributed by atoms with Crippen LogP contribution in [0.1, 0.15) is 0 Å². The lowest BCUT2D eigenvalue weighted by Crippen LogP contribution is -2.38. The van der Waals surface area contributed by atoms with E-state index in [0.717, 1.165) is 0 Å². The Balaban J connectivity index is 5.75. The number of halogens is 6. The van der Waals surface area contributed by atoms with Gasteiger partial charge in [-0.1, -0.05) is 45.0 Å². The minimum absolute atomic E-state index is 0.215. The molecule has 0 fully saturated rings. The van der Waals surface area contributed by atoms with Crippen molar-refractivity contribution in [3.05, 3.63) is 22.1 Å². The predicted octanol–water partition coefficient (Wildman–Crippen LogP) is 5.11. The van der Waals surface area contributed by atoms with Gasteiger partial charge in [-0.2, -0.15) is 0 Å². The van der Waals surface area contributed by atoms with E-state index < -0.39 is 15.0 Å². The summed E-state index contributed by atoms with van der Waals surface area (Å²) in [6, 6.07) is 0. The SMILES string of the molecule is C=C(Br)C(Br)(Br)S(=O)(=O)C(Br)(Br)C(=C)Br. The molecule has 0 saturated heterocycles. The molecule has 0 rings (SSSR count). The number of hydrogen-bond donors (Lipinski definition) is 0. The predicted molar refractivity (Wildman–Crippen MR) is 86.2 cm³/mol. The third kappa shape index (κ3) is 3.20. The maximum Gasteiger partial charge on any atom is 0.214 e. The molecule has 0 aliphatic carbocycles. The van der Waals surface area contributed by atoms with Gasteiger partial charge in [0.05, 0.1) is 0 Å². The average Bonchev–Trinajstić information content (AvgIpc) is 2.02. The van der Waals surface area contributed by atoms with Gasteiger partial charge in [0.2, 0.25) is 15.0 Å². The second kappa shape index (κ2) is 5.52. The molecule has 0 spiro atoms. The van der Waals surface area contributed by atoms with Crippen molar-refractivity contribution < 1.29 is 8.42 Å². The molecule has 0 aliphatic heterocycles. The quantitative estimate of drug-likeness (QED) is 0.411. The minimum atomic E-state index is -3.76. The molecular formula is C6H4Br6O2S. The average molecular weight is 620 g/mol. The molecule has 0 saturated carbocycles. The van der Waals surface area contributed by atoms with Gasteiger partial charge < -0.3 is 0 Å². The van der Waals surface area contributed by atoms with Gasteiger partial charge in [0.1, 0.15) is 0 Å². The van der Waals surface area contributed by atoms with Crippen molar-refractivity contribution in [3.8, 4) is 0 Å². The van der Waals surface area contributed by atoms with E-state index in [2.05, 4.69) is 109 Å². The Kier molecular flexibility index (Phi) is 6.37. The van der Waals surface area contributed by atoms with Crippen molar-refractivity contribution >= 4 is 105 Å². The molecule has 2 nitrogen and oxygen atoms in total. The summed E-state index contributed by atoms with van der Waals surface area (Å²) < 4.78 is 21.8. The molecule has 0 aromatic rings. The Morgan fingerprint density at radius 3 is 1.20 bits per heavy atom. The first-order chi connectivity index (χ1) is 6.39. The second-order valence-corrected chi connectivity index (χ2v) is 15.5. The van der Waals surface area contributed by atoms with E-state index in [4.69, 9.17) is 0 Å². The summed E-state index contributed by atoms with van der Waals surface area (Å²) in [5, 5.41) is 0. The van der Waals surface area contributed by atoms with Crippen LogP contribution < -0.4 is 0 Å². The maximum atomic E-state index is 12.2. The van der Waals surface area contributed by atoms with Gasteiger partial charge in [0, 0.05) is 8.96 Å². The fourth-order valence-corrected chi connectivity index (χ4v) is 8.16. The van der Waals surface area contributed by atoms with E-state index >= 15 is 0 Å². The zero-order valence-electron chi connectivity index (χ0n) is 6.91. The number of sulfone groups is 1. The van der Waals surface area contributed by atoms with E-state index in [9.17, 15) is 8.42 Å². The van der Waals surface area contributed by atoms with Crippen molar-refractivity contribution in [2.45, 2.75) is 5.13 Å². The largest absolute Gasteiger partial charge is 0.223 e. The molecule has 88 valence electrons. The summed E-state index contributed by atoms with van der Waals surface area (Å²) in [6.45, 7) is 7.05. The minimum Gasteiger partial charge on any atom is -0.223 e. The van der Waals surface area contributed by atoms with Crippen molar-refractivity contribution in [1.82, 2.24) is 0 Å². The summed E-state index contributed by atoms with van der Waals surface area (Å²) in [6.07, 6.45) is 0.